The van der Waals surface area contributed by atoms with E-state index in [0.717, 1.165) is 12.8 Å². The first kappa shape index (κ1) is 8.71. The highest BCUT2D eigenvalue weighted by molar-refractivity contribution is 5.38. The molecule has 63 valence electrons. The number of nitrogens with zero attached hydrogens (tertiary/aromatic N) is 1. The van der Waals surface area contributed by atoms with Crippen molar-refractivity contribution in [1.82, 2.24) is 0 Å². The fourth-order valence-electron chi connectivity index (χ4n) is 1.08. The summed E-state index contributed by atoms with van der Waals surface area (Å²) in [4.78, 5) is 10.1. The molecule has 0 spiro atoms. The summed E-state index contributed by atoms with van der Waals surface area (Å²) >= 11 is 0. The van der Waals surface area contributed by atoms with Crippen molar-refractivity contribution in [2.75, 3.05) is 0 Å². The van der Waals surface area contributed by atoms with E-state index in [1.165, 1.54) is 6.07 Å². The number of rotatable bonds is 3. The molecule has 3 nitrogen and oxygen atoms in total. The normalized spacial score (nSPS) is 9.75. The third kappa shape index (κ3) is 1.81. The molecule has 1 aromatic carbocycles. The van der Waals surface area contributed by atoms with E-state index < -0.39 is 0 Å². The van der Waals surface area contributed by atoms with Crippen LogP contribution in [0.4, 0.5) is 5.69 Å². The van der Waals surface area contributed by atoms with E-state index in [9.17, 15) is 10.1 Å². The second kappa shape index (κ2) is 3.85. The van der Waals surface area contributed by atoms with Crippen molar-refractivity contribution in [1.29, 1.82) is 0 Å². The minimum absolute atomic E-state index is 0.180. The lowest BCUT2D eigenvalue weighted by Gasteiger charge is -1.98. The summed E-state index contributed by atoms with van der Waals surface area (Å²) in [6.07, 6.45) is 1.62. The van der Waals surface area contributed by atoms with Gasteiger partial charge in [-0.3, -0.25) is 10.1 Å². The van der Waals surface area contributed by atoms with Gasteiger partial charge < -0.3 is 0 Å². The molecule has 1 rings (SSSR count). The van der Waals surface area contributed by atoms with E-state index in [4.69, 9.17) is 0 Å². The Morgan fingerprint density at radius 1 is 1.67 bits per heavy atom. The molecule has 1 radical (unpaired) electrons. The van der Waals surface area contributed by atoms with E-state index in [1.54, 1.807) is 12.1 Å². The van der Waals surface area contributed by atoms with Crippen LogP contribution in [-0.4, -0.2) is 4.92 Å². The first-order valence-corrected chi connectivity index (χ1v) is 3.89. The summed E-state index contributed by atoms with van der Waals surface area (Å²) in [7, 11) is 0. The van der Waals surface area contributed by atoms with Crippen LogP contribution in [0.2, 0.25) is 0 Å². The number of aryl methyl sites for hydroxylation is 1. The Labute approximate surface area is 71.2 Å². The molecule has 0 aromatic heterocycles. The predicted molar refractivity (Wildman–Crippen MR) is 45.9 cm³/mol. The molecule has 3 heteroatoms. The molecule has 0 amide bonds. The zero-order valence-corrected chi connectivity index (χ0v) is 6.91. The van der Waals surface area contributed by atoms with Gasteiger partial charge in [0.15, 0.2) is 0 Å². The third-order valence-electron chi connectivity index (χ3n) is 1.61. The Morgan fingerprint density at radius 2 is 2.42 bits per heavy atom. The monoisotopic (exact) mass is 164 g/mol. The Balaban J connectivity index is 3.00. The molecule has 0 N–H and O–H groups in total. The van der Waals surface area contributed by atoms with Gasteiger partial charge in [0.05, 0.1) is 4.92 Å². The Morgan fingerprint density at radius 3 is 3.00 bits per heavy atom. The molecule has 12 heavy (non-hydrogen) atoms. The number of nitro groups is 1. The van der Waals surface area contributed by atoms with Crippen LogP contribution in [0.5, 0.6) is 0 Å². The van der Waals surface area contributed by atoms with Gasteiger partial charge in [0.2, 0.25) is 0 Å². The highest BCUT2D eigenvalue weighted by Gasteiger charge is 2.10. The first-order chi connectivity index (χ1) is 5.75. The van der Waals surface area contributed by atoms with Crippen LogP contribution in [0.1, 0.15) is 18.9 Å². The van der Waals surface area contributed by atoms with E-state index in [0.29, 0.717) is 5.56 Å². The minimum atomic E-state index is -0.360. The molecule has 0 bridgehead atoms. The molecular weight excluding hydrogens is 154 g/mol. The average molecular weight is 164 g/mol. The average Bonchev–Trinajstić information content (AvgIpc) is 2.05. The van der Waals surface area contributed by atoms with Gasteiger partial charge in [-0.25, -0.2) is 0 Å². The third-order valence-corrected chi connectivity index (χ3v) is 1.61. The maximum atomic E-state index is 10.5. The molecule has 0 unspecified atom stereocenters. The summed E-state index contributed by atoms with van der Waals surface area (Å²) in [6, 6.07) is 7.74. The van der Waals surface area contributed by atoms with Crippen LogP contribution < -0.4 is 0 Å². The van der Waals surface area contributed by atoms with Crippen molar-refractivity contribution in [2.45, 2.75) is 19.8 Å². The maximum absolute atomic E-state index is 10.5. The molecule has 0 aliphatic heterocycles. The molecule has 0 aliphatic rings. The zero-order chi connectivity index (χ0) is 8.97. The van der Waals surface area contributed by atoms with Gasteiger partial charge in [0.1, 0.15) is 0 Å². The zero-order valence-electron chi connectivity index (χ0n) is 6.91. The number of hydrogen-bond acceptors (Lipinski definition) is 2. The van der Waals surface area contributed by atoms with Crippen LogP contribution in [0.15, 0.2) is 18.2 Å². The molecule has 0 saturated heterocycles. The Hall–Kier alpha value is -1.38. The van der Waals surface area contributed by atoms with Crippen LogP contribution >= 0.6 is 0 Å². The van der Waals surface area contributed by atoms with Crippen LogP contribution in [-0.2, 0) is 6.42 Å². The van der Waals surface area contributed by atoms with Gasteiger partial charge in [0, 0.05) is 11.6 Å². The van der Waals surface area contributed by atoms with Gasteiger partial charge in [-0.15, -0.1) is 0 Å². The molecule has 0 aliphatic carbocycles. The highest BCUT2D eigenvalue weighted by Crippen LogP contribution is 2.17. The van der Waals surface area contributed by atoms with Crippen molar-refractivity contribution in [3.63, 3.8) is 0 Å². The molecule has 0 heterocycles. The summed E-state index contributed by atoms with van der Waals surface area (Å²) in [6.45, 7) is 1.99. The SMILES string of the molecule is CCCc1[c]cccc1[N+](=O)[O-]. The van der Waals surface area contributed by atoms with Crippen molar-refractivity contribution in [2.24, 2.45) is 0 Å². The first-order valence-electron chi connectivity index (χ1n) is 3.89. The smallest absolute Gasteiger partial charge is 0.258 e. The second-order valence-corrected chi connectivity index (χ2v) is 2.54. The number of benzene rings is 1. The molecule has 0 atom stereocenters. The van der Waals surface area contributed by atoms with E-state index >= 15 is 0 Å². The fourth-order valence-corrected chi connectivity index (χ4v) is 1.08. The van der Waals surface area contributed by atoms with Gasteiger partial charge in [-0.1, -0.05) is 25.5 Å². The molecule has 0 saturated carbocycles. The van der Waals surface area contributed by atoms with E-state index in [2.05, 4.69) is 6.07 Å². The summed E-state index contributed by atoms with van der Waals surface area (Å²) in [5, 5.41) is 10.5. The highest BCUT2D eigenvalue weighted by atomic mass is 16.6. The van der Waals surface area contributed by atoms with E-state index in [-0.39, 0.29) is 10.6 Å². The lowest BCUT2D eigenvalue weighted by Crippen LogP contribution is -1.94. The summed E-state index contributed by atoms with van der Waals surface area (Å²) < 4.78 is 0. The van der Waals surface area contributed by atoms with Crippen molar-refractivity contribution in [3.8, 4) is 0 Å². The topological polar surface area (TPSA) is 43.1 Å². The Bertz CT molecular complexity index is 284. The molecule has 1 aromatic rings. The van der Waals surface area contributed by atoms with E-state index in [1.807, 2.05) is 6.92 Å². The Kier molecular flexibility index (Phi) is 2.80. The van der Waals surface area contributed by atoms with Crippen LogP contribution in [0, 0.1) is 16.2 Å². The lowest BCUT2D eigenvalue weighted by molar-refractivity contribution is -0.385. The summed E-state index contributed by atoms with van der Waals surface area (Å²) in [5.74, 6) is 0. The van der Waals surface area contributed by atoms with Crippen LogP contribution in [0.3, 0.4) is 0 Å². The molecular formula is C9H10NO2. The van der Waals surface area contributed by atoms with Gasteiger partial charge in [-0.2, -0.15) is 0 Å². The quantitative estimate of drug-likeness (QED) is 0.508. The van der Waals surface area contributed by atoms with Gasteiger partial charge in [0.25, 0.3) is 5.69 Å². The lowest BCUT2D eigenvalue weighted by atomic mass is 10.1. The summed E-state index contributed by atoms with van der Waals surface area (Å²) in [5.41, 5.74) is 0.879. The van der Waals surface area contributed by atoms with Gasteiger partial charge in [-0.05, 0) is 12.5 Å². The minimum Gasteiger partial charge on any atom is -0.258 e. The largest absolute Gasteiger partial charge is 0.273 e. The number of nitro benzene ring substituents is 1. The van der Waals surface area contributed by atoms with Crippen LogP contribution in [0.25, 0.3) is 0 Å². The fraction of sp³-hybridized carbons (Fsp3) is 0.333. The maximum Gasteiger partial charge on any atom is 0.273 e. The number of hydrogen-bond donors (Lipinski definition) is 0. The second-order valence-electron chi connectivity index (χ2n) is 2.54. The van der Waals surface area contributed by atoms with Crippen molar-refractivity contribution in [3.05, 3.63) is 39.9 Å². The molecule has 0 fully saturated rings. The van der Waals surface area contributed by atoms with Gasteiger partial charge >= 0.3 is 0 Å². The standard InChI is InChI=1S/C9H10NO2/c1-2-5-8-6-3-4-7-9(8)10(11)12/h3-4,7H,2,5H2,1H3. The predicted octanol–water partition coefficient (Wildman–Crippen LogP) is 2.35. The van der Waals surface area contributed by atoms with Crippen molar-refractivity contribution < 1.29 is 4.92 Å². The van der Waals surface area contributed by atoms with Crippen molar-refractivity contribution >= 4 is 5.69 Å².